The minimum atomic E-state index is -0.941. The van der Waals surface area contributed by atoms with Gasteiger partial charge in [-0.05, 0) is 24.8 Å². The van der Waals surface area contributed by atoms with E-state index in [0.717, 1.165) is 36.1 Å². The first-order valence-electron chi connectivity index (χ1n) is 9.66. The monoisotopic (exact) mass is 371 g/mol. The molecule has 0 radical (unpaired) electrons. The van der Waals surface area contributed by atoms with Crippen molar-refractivity contribution in [3.63, 3.8) is 0 Å². The van der Waals surface area contributed by atoms with E-state index in [-0.39, 0.29) is 36.9 Å². The Morgan fingerprint density at radius 2 is 1.93 bits per heavy atom. The average molecular weight is 371 g/mol. The van der Waals surface area contributed by atoms with Gasteiger partial charge in [-0.3, -0.25) is 14.5 Å². The number of urea groups is 1. The Morgan fingerprint density at radius 1 is 1.19 bits per heavy atom. The second-order valence-corrected chi connectivity index (χ2v) is 7.72. The van der Waals surface area contributed by atoms with E-state index >= 15 is 0 Å². The van der Waals surface area contributed by atoms with E-state index in [0.29, 0.717) is 13.0 Å². The number of piperidine rings is 1. The Labute approximate surface area is 158 Å². The molecule has 0 unspecified atom stereocenters. The Bertz CT molecular complexity index is 737. The first-order valence-corrected chi connectivity index (χ1v) is 9.66. The lowest BCUT2D eigenvalue weighted by Crippen LogP contribution is -2.60. The van der Waals surface area contributed by atoms with Gasteiger partial charge < -0.3 is 15.3 Å². The Balaban J connectivity index is 1.56. The Morgan fingerprint density at radius 3 is 2.63 bits per heavy atom. The number of benzene rings is 1. The van der Waals surface area contributed by atoms with Gasteiger partial charge in [0.15, 0.2) is 0 Å². The van der Waals surface area contributed by atoms with E-state index in [1.165, 1.54) is 0 Å². The van der Waals surface area contributed by atoms with Gasteiger partial charge in [-0.2, -0.15) is 0 Å². The number of fused-ring (bicyclic) bond motifs is 1. The molecular formula is C20H25N3O4. The normalized spacial score (nSPS) is 30.9. The predicted octanol–water partition coefficient (Wildman–Crippen LogP) is 1.22. The van der Waals surface area contributed by atoms with Crippen LogP contribution in [0.25, 0.3) is 0 Å². The molecule has 1 aromatic rings. The minimum Gasteiger partial charge on any atom is -0.385 e. The fourth-order valence-electron chi connectivity index (χ4n) is 4.92. The summed E-state index contributed by atoms with van der Waals surface area (Å²) in [6.07, 6.45) is 4.21. The standard InChI is InChI=1S/C20H25N3O4/c24-17-12-21-19(26)23(17)13-18(25)22-11-10-20(27,14-6-2-1-3-7-14)15-8-4-5-9-16(15)22/h1-3,6-7,15-16,27H,4-5,8-13H2,(H,21,26)/t15-,16-,20+/m0/s1. The van der Waals surface area contributed by atoms with Crippen LogP contribution in [-0.4, -0.2) is 58.4 Å². The van der Waals surface area contributed by atoms with Gasteiger partial charge in [0.1, 0.15) is 6.54 Å². The maximum atomic E-state index is 12.9. The maximum Gasteiger partial charge on any atom is 0.325 e. The first-order chi connectivity index (χ1) is 13.0. The second kappa shape index (κ2) is 6.96. The predicted molar refractivity (Wildman–Crippen MR) is 97.5 cm³/mol. The topological polar surface area (TPSA) is 90.0 Å². The molecule has 1 aromatic carbocycles. The van der Waals surface area contributed by atoms with Gasteiger partial charge in [-0.1, -0.05) is 43.2 Å². The number of amides is 4. The number of nitrogens with zero attached hydrogens (tertiary/aromatic N) is 2. The van der Waals surface area contributed by atoms with Crippen molar-refractivity contribution in [3.8, 4) is 0 Å². The Hall–Kier alpha value is -2.41. The van der Waals surface area contributed by atoms with E-state index in [4.69, 9.17) is 0 Å². The van der Waals surface area contributed by atoms with E-state index in [1.54, 1.807) is 4.90 Å². The smallest absolute Gasteiger partial charge is 0.325 e. The number of carbonyl (C=O) groups excluding carboxylic acids is 3. The quantitative estimate of drug-likeness (QED) is 0.782. The molecule has 1 saturated carbocycles. The molecule has 3 aliphatic rings. The van der Waals surface area contributed by atoms with Crippen molar-refractivity contribution in [1.29, 1.82) is 0 Å². The lowest BCUT2D eigenvalue weighted by Gasteiger charge is -2.52. The van der Waals surface area contributed by atoms with Crippen molar-refractivity contribution in [2.45, 2.75) is 43.7 Å². The molecule has 4 rings (SSSR count). The van der Waals surface area contributed by atoms with Gasteiger partial charge in [-0.25, -0.2) is 4.79 Å². The lowest BCUT2D eigenvalue weighted by atomic mass is 9.66. The molecule has 2 N–H and O–H groups in total. The molecule has 4 amide bonds. The summed E-state index contributed by atoms with van der Waals surface area (Å²) < 4.78 is 0. The molecule has 3 fully saturated rings. The molecular weight excluding hydrogens is 346 g/mol. The van der Waals surface area contributed by atoms with Gasteiger partial charge in [-0.15, -0.1) is 0 Å². The van der Waals surface area contributed by atoms with E-state index in [1.807, 2.05) is 30.3 Å². The van der Waals surface area contributed by atoms with Crippen LogP contribution in [-0.2, 0) is 15.2 Å². The third-order valence-corrected chi connectivity index (χ3v) is 6.30. The number of nitrogens with one attached hydrogen (secondary N) is 1. The molecule has 7 nitrogen and oxygen atoms in total. The summed E-state index contributed by atoms with van der Waals surface area (Å²) in [4.78, 5) is 39.3. The van der Waals surface area contributed by atoms with Gasteiger partial charge in [0.25, 0.3) is 5.91 Å². The highest BCUT2D eigenvalue weighted by atomic mass is 16.3. The highest BCUT2D eigenvalue weighted by Gasteiger charge is 2.50. The van der Waals surface area contributed by atoms with Gasteiger partial charge in [0, 0.05) is 18.5 Å². The minimum absolute atomic E-state index is 0.0329. The Kier molecular flexibility index (Phi) is 4.63. The fraction of sp³-hybridized carbons (Fsp3) is 0.550. The van der Waals surface area contributed by atoms with Crippen LogP contribution in [0.3, 0.4) is 0 Å². The number of likely N-dealkylation sites (tertiary alicyclic amines) is 1. The van der Waals surface area contributed by atoms with Crippen LogP contribution in [0, 0.1) is 5.92 Å². The fourth-order valence-corrected chi connectivity index (χ4v) is 4.92. The van der Waals surface area contributed by atoms with Crippen molar-refractivity contribution in [1.82, 2.24) is 15.1 Å². The largest absolute Gasteiger partial charge is 0.385 e. The number of carbonyl (C=O) groups is 3. The molecule has 7 heteroatoms. The zero-order valence-electron chi connectivity index (χ0n) is 15.3. The van der Waals surface area contributed by atoms with Gasteiger partial charge in [0.05, 0.1) is 12.1 Å². The third kappa shape index (κ3) is 3.10. The second-order valence-electron chi connectivity index (χ2n) is 7.72. The molecule has 2 saturated heterocycles. The van der Waals surface area contributed by atoms with Crippen LogP contribution in [0.5, 0.6) is 0 Å². The molecule has 2 aliphatic heterocycles. The summed E-state index contributed by atoms with van der Waals surface area (Å²) in [6.45, 7) is 0.151. The zero-order valence-corrected chi connectivity index (χ0v) is 15.3. The van der Waals surface area contributed by atoms with E-state index in [9.17, 15) is 19.5 Å². The lowest BCUT2D eigenvalue weighted by molar-refractivity contribution is -0.156. The SMILES string of the molecule is O=C1CNC(=O)N1CC(=O)N1CC[C@@](O)(c2ccccc2)[C@H]2CCCC[C@@H]21. The molecule has 0 aromatic heterocycles. The summed E-state index contributed by atoms with van der Waals surface area (Å²) in [5.41, 5.74) is -0.0349. The highest BCUT2D eigenvalue weighted by molar-refractivity contribution is 6.04. The van der Waals surface area contributed by atoms with Crippen LogP contribution >= 0.6 is 0 Å². The average Bonchev–Trinajstić information content (AvgIpc) is 3.01. The number of hydrogen-bond acceptors (Lipinski definition) is 4. The number of rotatable bonds is 3. The van der Waals surface area contributed by atoms with Crippen LogP contribution < -0.4 is 5.32 Å². The molecule has 0 spiro atoms. The van der Waals surface area contributed by atoms with Gasteiger partial charge in [0.2, 0.25) is 5.91 Å². The van der Waals surface area contributed by atoms with Crippen molar-refractivity contribution in [2.75, 3.05) is 19.6 Å². The van der Waals surface area contributed by atoms with Crippen molar-refractivity contribution in [2.24, 2.45) is 5.92 Å². The molecule has 3 atom stereocenters. The number of imide groups is 1. The van der Waals surface area contributed by atoms with Gasteiger partial charge >= 0.3 is 6.03 Å². The molecule has 2 heterocycles. The summed E-state index contributed by atoms with van der Waals surface area (Å²) in [5.74, 6) is -0.617. The molecule has 1 aliphatic carbocycles. The van der Waals surface area contributed by atoms with Crippen LogP contribution in [0.4, 0.5) is 4.79 Å². The van der Waals surface area contributed by atoms with Crippen LogP contribution in [0.1, 0.15) is 37.7 Å². The third-order valence-electron chi connectivity index (χ3n) is 6.30. The van der Waals surface area contributed by atoms with Crippen molar-refractivity contribution < 1.29 is 19.5 Å². The van der Waals surface area contributed by atoms with E-state index < -0.39 is 11.6 Å². The number of hydrogen-bond donors (Lipinski definition) is 2. The van der Waals surface area contributed by atoms with Crippen molar-refractivity contribution >= 4 is 17.8 Å². The molecule has 144 valence electrons. The van der Waals surface area contributed by atoms with Crippen LogP contribution in [0.2, 0.25) is 0 Å². The zero-order chi connectivity index (χ0) is 19.0. The molecule has 0 bridgehead atoms. The summed E-state index contributed by atoms with van der Waals surface area (Å²) in [6, 6.07) is 9.13. The summed E-state index contributed by atoms with van der Waals surface area (Å²) >= 11 is 0. The highest BCUT2D eigenvalue weighted by Crippen LogP contribution is 2.46. The van der Waals surface area contributed by atoms with E-state index in [2.05, 4.69) is 5.32 Å². The number of aliphatic hydroxyl groups is 1. The van der Waals surface area contributed by atoms with Crippen LogP contribution in [0.15, 0.2) is 30.3 Å². The summed E-state index contributed by atoms with van der Waals surface area (Å²) in [7, 11) is 0. The summed E-state index contributed by atoms with van der Waals surface area (Å²) in [5, 5.41) is 14.0. The first kappa shape index (κ1) is 18.0. The maximum absolute atomic E-state index is 12.9. The molecule has 27 heavy (non-hydrogen) atoms. The van der Waals surface area contributed by atoms with Crippen molar-refractivity contribution in [3.05, 3.63) is 35.9 Å².